The van der Waals surface area contributed by atoms with Gasteiger partial charge in [0, 0.05) is 26.1 Å². The number of amides is 2. The van der Waals surface area contributed by atoms with Crippen LogP contribution in [0.1, 0.15) is 58.8 Å². The summed E-state index contributed by atoms with van der Waals surface area (Å²) < 4.78 is 5.02. The lowest BCUT2D eigenvalue weighted by atomic mass is 10.0. The van der Waals surface area contributed by atoms with Crippen molar-refractivity contribution >= 4 is 40.1 Å². The topological polar surface area (TPSA) is 142 Å². The molecule has 0 radical (unpaired) electrons. The van der Waals surface area contributed by atoms with Gasteiger partial charge in [0.05, 0.1) is 34.9 Å². The number of likely N-dealkylation sites (tertiary alicyclic amines) is 1. The van der Waals surface area contributed by atoms with E-state index in [0.29, 0.717) is 34.6 Å². The zero-order valence-corrected chi connectivity index (χ0v) is 21.6. The van der Waals surface area contributed by atoms with Crippen LogP contribution in [0, 0.1) is 11.8 Å². The van der Waals surface area contributed by atoms with Gasteiger partial charge in [-0.3, -0.25) is 19.8 Å². The first-order chi connectivity index (χ1) is 17.9. The molecule has 11 heteroatoms. The second kappa shape index (κ2) is 11.5. The number of aromatic nitrogens is 4. The van der Waals surface area contributed by atoms with E-state index >= 15 is 0 Å². The number of anilines is 1. The Bertz CT molecular complexity index is 1380. The van der Waals surface area contributed by atoms with Crippen LogP contribution in [-0.2, 0) is 9.53 Å². The van der Waals surface area contributed by atoms with Crippen LogP contribution in [0.25, 0.3) is 10.9 Å². The first-order valence-corrected chi connectivity index (χ1v) is 12.4. The lowest BCUT2D eigenvalue weighted by Gasteiger charge is -2.22. The molecule has 1 aliphatic carbocycles. The second-order valence-electron chi connectivity index (χ2n) is 8.93. The van der Waals surface area contributed by atoms with Crippen LogP contribution >= 0.6 is 11.6 Å². The van der Waals surface area contributed by atoms with E-state index in [1.807, 2.05) is 11.0 Å². The molecule has 1 unspecified atom stereocenters. The van der Waals surface area contributed by atoms with Crippen molar-refractivity contribution in [3.63, 3.8) is 0 Å². The molecule has 194 valence electrons. The maximum absolute atomic E-state index is 11.7. The summed E-state index contributed by atoms with van der Waals surface area (Å²) in [7, 11) is 3.32. The summed E-state index contributed by atoms with van der Waals surface area (Å²) in [4.78, 5) is 24.7. The van der Waals surface area contributed by atoms with Gasteiger partial charge in [-0.25, -0.2) is 0 Å². The molecule has 5 N–H and O–H groups in total. The highest BCUT2D eigenvalue weighted by molar-refractivity contribution is 6.33. The van der Waals surface area contributed by atoms with Gasteiger partial charge in [-0.2, -0.15) is 10.2 Å². The fraction of sp³-hybridized carbons (Fsp3) is 0.385. The largest absolute Gasteiger partial charge is 0.383 e. The van der Waals surface area contributed by atoms with Crippen LogP contribution in [0.15, 0.2) is 24.9 Å². The minimum Gasteiger partial charge on any atom is -0.383 e. The molecule has 2 fully saturated rings. The van der Waals surface area contributed by atoms with E-state index in [1.54, 1.807) is 20.4 Å². The first-order valence-electron chi connectivity index (χ1n) is 12.0. The fourth-order valence-electron chi connectivity index (χ4n) is 4.54. The summed E-state index contributed by atoms with van der Waals surface area (Å²) in [5, 5.41) is 18.1. The molecule has 5 rings (SSSR count). The maximum Gasteiger partial charge on any atom is 0.255 e. The SMILES string of the molecule is C=CC(=O)N1CCCC1COC.CNc1n[nH]c(C#Cc2c(Cl)cc(C3CC3)c3[nH]ncc23)c1C(N)=O. The average molecular weight is 524 g/mol. The molecule has 1 atom stereocenters. The number of rotatable bonds is 6. The monoisotopic (exact) mass is 523 g/mol. The highest BCUT2D eigenvalue weighted by atomic mass is 35.5. The molecule has 2 amide bonds. The van der Waals surface area contributed by atoms with E-state index in [-0.39, 0.29) is 17.5 Å². The number of H-pyrrole nitrogens is 2. The van der Waals surface area contributed by atoms with Crippen molar-refractivity contribution in [2.75, 3.05) is 32.6 Å². The van der Waals surface area contributed by atoms with Crippen molar-refractivity contribution in [1.82, 2.24) is 25.3 Å². The summed E-state index contributed by atoms with van der Waals surface area (Å²) in [5.41, 5.74) is 8.79. The molecule has 1 aliphatic heterocycles. The Balaban J connectivity index is 0.000000225. The number of hydrogen-bond donors (Lipinski definition) is 4. The van der Waals surface area contributed by atoms with Gasteiger partial charge in [0.25, 0.3) is 5.91 Å². The van der Waals surface area contributed by atoms with Crippen molar-refractivity contribution in [2.45, 2.75) is 37.6 Å². The number of nitrogens with two attached hydrogens (primary N) is 1. The molecule has 1 aromatic carbocycles. The molecule has 3 heterocycles. The van der Waals surface area contributed by atoms with Gasteiger partial charge < -0.3 is 20.7 Å². The number of carbonyl (C=O) groups excluding carboxylic acids is 2. The lowest BCUT2D eigenvalue weighted by Crippen LogP contribution is -2.36. The van der Waals surface area contributed by atoms with Gasteiger partial charge in [0.1, 0.15) is 11.3 Å². The zero-order valence-electron chi connectivity index (χ0n) is 20.9. The third-order valence-electron chi connectivity index (χ3n) is 6.49. The number of nitrogens with zero attached hydrogens (tertiary/aromatic N) is 3. The third kappa shape index (κ3) is 5.63. The first kappa shape index (κ1) is 26.3. The van der Waals surface area contributed by atoms with E-state index in [1.165, 1.54) is 24.5 Å². The van der Waals surface area contributed by atoms with Crippen molar-refractivity contribution in [2.24, 2.45) is 5.73 Å². The van der Waals surface area contributed by atoms with Crippen LogP contribution in [-0.4, -0.2) is 70.5 Å². The van der Waals surface area contributed by atoms with Crippen LogP contribution in [0.4, 0.5) is 5.82 Å². The Labute approximate surface area is 219 Å². The summed E-state index contributed by atoms with van der Waals surface area (Å²) in [5.74, 6) is 6.26. The number of carbonyl (C=O) groups is 2. The van der Waals surface area contributed by atoms with Crippen molar-refractivity contribution < 1.29 is 14.3 Å². The second-order valence-corrected chi connectivity index (χ2v) is 9.34. The van der Waals surface area contributed by atoms with Gasteiger partial charge >= 0.3 is 0 Å². The molecule has 1 saturated heterocycles. The Morgan fingerprint density at radius 2 is 2.14 bits per heavy atom. The van der Waals surface area contributed by atoms with E-state index in [2.05, 4.69) is 44.1 Å². The van der Waals surface area contributed by atoms with Crippen LogP contribution in [0.5, 0.6) is 0 Å². The van der Waals surface area contributed by atoms with Gasteiger partial charge in [0.15, 0.2) is 5.82 Å². The smallest absolute Gasteiger partial charge is 0.255 e. The van der Waals surface area contributed by atoms with Crippen LogP contribution in [0.3, 0.4) is 0 Å². The van der Waals surface area contributed by atoms with Gasteiger partial charge in [-0.05, 0) is 55.2 Å². The molecule has 2 aromatic heterocycles. The Morgan fingerprint density at radius 3 is 2.78 bits per heavy atom. The van der Waals surface area contributed by atoms with Gasteiger partial charge in [0.2, 0.25) is 5.91 Å². The normalized spacial score (nSPS) is 16.5. The van der Waals surface area contributed by atoms with E-state index in [4.69, 9.17) is 22.1 Å². The Kier molecular flexibility index (Phi) is 8.16. The number of nitrogens with one attached hydrogen (secondary N) is 3. The predicted octanol–water partition coefficient (Wildman–Crippen LogP) is 3.17. The minimum absolute atomic E-state index is 0.0227. The Morgan fingerprint density at radius 1 is 1.35 bits per heavy atom. The molecule has 3 aromatic rings. The van der Waals surface area contributed by atoms with Gasteiger partial charge in [-0.1, -0.05) is 24.1 Å². The number of benzene rings is 1. The minimum atomic E-state index is -0.606. The molecular weight excluding hydrogens is 494 g/mol. The highest BCUT2D eigenvalue weighted by Crippen LogP contribution is 2.44. The summed E-state index contributed by atoms with van der Waals surface area (Å²) in [6.45, 7) is 4.95. The number of primary amides is 1. The predicted molar refractivity (Wildman–Crippen MR) is 143 cm³/mol. The molecule has 0 bridgehead atoms. The number of methoxy groups -OCH3 is 1. The van der Waals surface area contributed by atoms with Crippen LogP contribution in [0.2, 0.25) is 5.02 Å². The van der Waals surface area contributed by atoms with Crippen LogP contribution < -0.4 is 11.1 Å². The number of fused-ring (bicyclic) bond motifs is 1. The molecular formula is C26H30ClN7O3. The standard InChI is InChI=1S/C17H15ClN6O.C9H15NO2/c1-20-17-14(16(19)25)13(22-24-17)5-4-9-11-7-21-23-15(11)10(6-12(9)18)8-2-3-8;1-3-9(11)10-6-4-5-8(10)7-12-2/h6-8H,2-3H2,1H3,(H2,19,25)(H,21,23)(H2,20,22,24);3,8H,1,4-7H2,2H3. The molecule has 1 saturated carbocycles. The maximum atomic E-state index is 11.7. The fourth-order valence-corrected chi connectivity index (χ4v) is 4.80. The number of ether oxygens (including phenoxy) is 1. The highest BCUT2D eigenvalue weighted by Gasteiger charge is 2.28. The van der Waals surface area contributed by atoms with Crippen molar-refractivity contribution in [1.29, 1.82) is 0 Å². The summed E-state index contributed by atoms with van der Waals surface area (Å²) in [6.07, 6.45) is 7.55. The molecule has 37 heavy (non-hydrogen) atoms. The van der Waals surface area contributed by atoms with Crippen molar-refractivity contribution in [3.8, 4) is 11.8 Å². The van der Waals surface area contributed by atoms with E-state index in [9.17, 15) is 9.59 Å². The number of hydrogen-bond acceptors (Lipinski definition) is 6. The lowest BCUT2D eigenvalue weighted by molar-refractivity contribution is -0.127. The summed E-state index contributed by atoms with van der Waals surface area (Å²) >= 11 is 6.46. The molecule has 2 aliphatic rings. The van der Waals surface area contributed by atoms with Gasteiger partial charge in [-0.15, -0.1) is 0 Å². The number of halogens is 1. The summed E-state index contributed by atoms with van der Waals surface area (Å²) in [6, 6.07) is 2.21. The molecule has 10 nitrogen and oxygen atoms in total. The average Bonchev–Trinajstić information content (AvgIpc) is 3.25. The third-order valence-corrected chi connectivity index (χ3v) is 6.79. The Hall–Kier alpha value is -3.81. The van der Waals surface area contributed by atoms with E-state index < -0.39 is 5.91 Å². The zero-order chi connectivity index (χ0) is 26.5. The number of aromatic amines is 2. The quantitative estimate of drug-likeness (QED) is 0.289. The van der Waals surface area contributed by atoms with Crippen molar-refractivity contribution in [3.05, 3.63) is 52.3 Å². The van der Waals surface area contributed by atoms with E-state index in [0.717, 1.165) is 30.3 Å². The molecule has 0 spiro atoms.